The summed E-state index contributed by atoms with van der Waals surface area (Å²) in [7, 11) is 0. The maximum Gasteiger partial charge on any atom is 0.250 e. The van der Waals surface area contributed by atoms with Crippen LogP contribution in [0.15, 0.2) is 42.5 Å². The number of benzene rings is 2. The Kier molecular flexibility index (Phi) is 3.93. The molecule has 3 atom stereocenters. The van der Waals surface area contributed by atoms with E-state index in [4.69, 9.17) is 4.74 Å². The molecule has 0 bridgehead atoms. The first-order valence-electron chi connectivity index (χ1n) is 10.9. The van der Waals surface area contributed by atoms with Crippen molar-refractivity contribution >= 4 is 17.5 Å². The van der Waals surface area contributed by atoms with Crippen molar-refractivity contribution < 1.29 is 14.3 Å². The number of amides is 2. The Hall–Kier alpha value is -2.86. The molecule has 2 amide bonds. The molecule has 2 N–H and O–H groups in total. The summed E-state index contributed by atoms with van der Waals surface area (Å²) < 4.78 is 5.57. The van der Waals surface area contributed by atoms with Crippen molar-refractivity contribution in [1.29, 1.82) is 0 Å². The first-order chi connectivity index (χ1) is 14.7. The summed E-state index contributed by atoms with van der Waals surface area (Å²) in [5, 5.41) is 6.19. The molecule has 0 unspecified atom stereocenters. The van der Waals surface area contributed by atoms with Gasteiger partial charge in [-0.1, -0.05) is 30.3 Å². The highest BCUT2D eigenvalue weighted by Crippen LogP contribution is 2.55. The van der Waals surface area contributed by atoms with E-state index in [1.807, 2.05) is 36.4 Å². The van der Waals surface area contributed by atoms with E-state index in [9.17, 15) is 9.59 Å². The molecule has 0 saturated carbocycles. The summed E-state index contributed by atoms with van der Waals surface area (Å²) in [5.74, 6) is 0.472. The van der Waals surface area contributed by atoms with Crippen molar-refractivity contribution in [2.45, 2.75) is 43.8 Å². The quantitative estimate of drug-likeness (QED) is 0.827. The Labute approximate surface area is 175 Å². The lowest BCUT2D eigenvalue weighted by atomic mass is 9.78. The van der Waals surface area contributed by atoms with Crippen LogP contribution in [0.4, 0.5) is 5.69 Å². The molecule has 0 aliphatic carbocycles. The zero-order chi connectivity index (χ0) is 20.3. The maximum atomic E-state index is 13.5. The summed E-state index contributed by atoms with van der Waals surface area (Å²) >= 11 is 0. The Morgan fingerprint density at radius 3 is 3.10 bits per heavy atom. The average molecular weight is 403 g/mol. The van der Waals surface area contributed by atoms with Gasteiger partial charge in [0.05, 0.1) is 12.5 Å². The Morgan fingerprint density at radius 2 is 2.17 bits per heavy atom. The molecule has 1 spiro atoms. The lowest BCUT2D eigenvalue weighted by molar-refractivity contribution is -0.137. The van der Waals surface area contributed by atoms with Gasteiger partial charge in [0.15, 0.2) is 0 Å². The third kappa shape index (κ3) is 2.40. The van der Waals surface area contributed by atoms with Gasteiger partial charge in [0, 0.05) is 30.3 Å². The van der Waals surface area contributed by atoms with E-state index in [1.54, 1.807) is 0 Å². The lowest BCUT2D eigenvalue weighted by Gasteiger charge is -2.36. The van der Waals surface area contributed by atoms with Crippen molar-refractivity contribution in [2.75, 3.05) is 18.5 Å². The fourth-order valence-corrected chi connectivity index (χ4v) is 6.04. The molecule has 30 heavy (non-hydrogen) atoms. The maximum absolute atomic E-state index is 13.5. The van der Waals surface area contributed by atoms with Crippen LogP contribution in [0.25, 0.3) is 0 Å². The molecule has 2 saturated heterocycles. The number of carbonyl (C=O) groups excluding carboxylic acids is 2. The van der Waals surface area contributed by atoms with E-state index in [1.165, 1.54) is 5.56 Å². The molecule has 2 aromatic rings. The highest BCUT2D eigenvalue weighted by Gasteiger charge is 2.65. The van der Waals surface area contributed by atoms with E-state index in [-0.39, 0.29) is 23.8 Å². The molecule has 4 heterocycles. The average Bonchev–Trinajstić information content (AvgIpc) is 3.51. The number of anilines is 1. The lowest BCUT2D eigenvalue weighted by Crippen LogP contribution is -2.54. The van der Waals surface area contributed by atoms with Crippen LogP contribution in [0.2, 0.25) is 0 Å². The van der Waals surface area contributed by atoms with Crippen molar-refractivity contribution in [3.63, 3.8) is 0 Å². The monoisotopic (exact) mass is 403 g/mol. The first kappa shape index (κ1) is 18.0. The van der Waals surface area contributed by atoms with Crippen molar-refractivity contribution in [2.24, 2.45) is 5.92 Å². The Bertz CT molecular complexity index is 1050. The van der Waals surface area contributed by atoms with E-state index in [0.717, 1.165) is 61.4 Å². The SMILES string of the molecule is O=C(NCc1ccc2c(c1)CCO2)[C@H]1C[C@H]2CCCN2[C@]12C(=O)Nc1ccccc12. The van der Waals surface area contributed by atoms with E-state index < -0.39 is 5.54 Å². The fraction of sp³-hybridized carbons (Fsp3) is 0.417. The molecule has 4 aliphatic heterocycles. The second-order valence-corrected chi connectivity index (χ2v) is 8.80. The minimum absolute atomic E-state index is 0.0343. The molecule has 154 valence electrons. The summed E-state index contributed by atoms with van der Waals surface area (Å²) in [4.78, 5) is 29.1. The molecule has 6 rings (SSSR count). The standard InChI is InChI=1S/C24H25N3O3/c28-22(25-14-15-7-8-21-16(12-15)9-11-30-21)19-13-17-4-3-10-27(17)24(19)18-5-1-2-6-20(18)26-23(24)29/h1-2,5-8,12,17,19H,3-4,9-11,13-14H2,(H,25,28)(H,26,29)/t17-,19-,24+/m1/s1. The van der Waals surface area contributed by atoms with Crippen LogP contribution in [0.5, 0.6) is 5.75 Å². The van der Waals surface area contributed by atoms with Gasteiger partial charge in [-0.05, 0) is 49.1 Å². The van der Waals surface area contributed by atoms with Gasteiger partial charge in [0.2, 0.25) is 11.8 Å². The van der Waals surface area contributed by atoms with E-state index in [0.29, 0.717) is 6.54 Å². The van der Waals surface area contributed by atoms with Gasteiger partial charge in [0.1, 0.15) is 11.3 Å². The van der Waals surface area contributed by atoms with Crippen LogP contribution in [0.3, 0.4) is 0 Å². The Balaban J connectivity index is 1.30. The molecule has 2 fully saturated rings. The van der Waals surface area contributed by atoms with Gasteiger partial charge >= 0.3 is 0 Å². The van der Waals surface area contributed by atoms with Crippen LogP contribution in [-0.4, -0.2) is 35.9 Å². The zero-order valence-corrected chi connectivity index (χ0v) is 16.8. The molecular weight excluding hydrogens is 378 g/mol. The van der Waals surface area contributed by atoms with Gasteiger partial charge in [-0.3, -0.25) is 14.5 Å². The molecular formula is C24H25N3O3. The number of carbonyl (C=O) groups is 2. The largest absolute Gasteiger partial charge is 0.493 e. The molecule has 4 aliphatic rings. The minimum Gasteiger partial charge on any atom is -0.493 e. The second kappa shape index (κ2) is 6.57. The predicted molar refractivity (Wildman–Crippen MR) is 112 cm³/mol. The molecule has 0 radical (unpaired) electrons. The second-order valence-electron chi connectivity index (χ2n) is 8.80. The topological polar surface area (TPSA) is 70.7 Å². The smallest absolute Gasteiger partial charge is 0.250 e. The number of rotatable bonds is 3. The molecule has 2 aromatic carbocycles. The number of para-hydroxylation sites is 1. The highest BCUT2D eigenvalue weighted by atomic mass is 16.5. The van der Waals surface area contributed by atoms with Crippen LogP contribution in [0.1, 0.15) is 36.0 Å². The number of nitrogens with zero attached hydrogens (tertiary/aromatic N) is 1. The summed E-state index contributed by atoms with van der Waals surface area (Å²) in [6.07, 6.45) is 3.77. The van der Waals surface area contributed by atoms with Crippen LogP contribution in [0, 0.1) is 5.92 Å². The molecule has 0 aromatic heterocycles. The Morgan fingerprint density at radius 1 is 1.27 bits per heavy atom. The fourth-order valence-electron chi connectivity index (χ4n) is 6.04. The van der Waals surface area contributed by atoms with Crippen LogP contribution in [-0.2, 0) is 28.1 Å². The van der Waals surface area contributed by atoms with Crippen molar-refractivity contribution in [1.82, 2.24) is 10.2 Å². The van der Waals surface area contributed by atoms with E-state index in [2.05, 4.69) is 21.6 Å². The normalized spacial score (nSPS) is 28.7. The van der Waals surface area contributed by atoms with Gasteiger partial charge in [-0.2, -0.15) is 0 Å². The minimum atomic E-state index is -0.881. The van der Waals surface area contributed by atoms with Crippen molar-refractivity contribution in [3.8, 4) is 5.75 Å². The number of nitrogens with one attached hydrogen (secondary N) is 2. The summed E-state index contributed by atoms with van der Waals surface area (Å²) in [5.41, 5.74) is 3.18. The first-order valence-corrected chi connectivity index (χ1v) is 10.9. The highest BCUT2D eigenvalue weighted by molar-refractivity contribution is 6.09. The number of ether oxygens (including phenoxy) is 1. The number of fused-ring (bicyclic) bond motifs is 5. The van der Waals surface area contributed by atoms with Crippen LogP contribution < -0.4 is 15.4 Å². The van der Waals surface area contributed by atoms with Gasteiger partial charge in [-0.15, -0.1) is 0 Å². The molecule has 6 heteroatoms. The number of hydrogen-bond acceptors (Lipinski definition) is 4. The number of hydrogen-bond donors (Lipinski definition) is 2. The van der Waals surface area contributed by atoms with Gasteiger partial charge in [-0.25, -0.2) is 0 Å². The van der Waals surface area contributed by atoms with Crippen molar-refractivity contribution in [3.05, 3.63) is 59.2 Å². The third-order valence-corrected chi connectivity index (χ3v) is 7.31. The van der Waals surface area contributed by atoms with E-state index >= 15 is 0 Å². The van der Waals surface area contributed by atoms with Gasteiger partial charge in [0.25, 0.3) is 0 Å². The molecule has 6 nitrogen and oxygen atoms in total. The zero-order valence-electron chi connectivity index (χ0n) is 16.8. The van der Waals surface area contributed by atoms with Gasteiger partial charge < -0.3 is 15.4 Å². The predicted octanol–water partition coefficient (Wildman–Crippen LogP) is 2.57. The van der Waals surface area contributed by atoms with Crippen LogP contribution >= 0.6 is 0 Å². The summed E-state index contributed by atoms with van der Waals surface area (Å²) in [6.45, 7) is 2.05. The third-order valence-electron chi connectivity index (χ3n) is 7.31. The summed E-state index contributed by atoms with van der Waals surface area (Å²) in [6, 6.07) is 14.2.